The molecule has 0 atom stereocenters. The van der Waals surface area contributed by atoms with Gasteiger partial charge in [0, 0.05) is 19.5 Å². The van der Waals surface area contributed by atoms with E-state index in [1.54, 1.807) is 12.1 Å². The van der Waals surface area contributed by atoms with E-state index in [0.717, 1.165) is 0 Å². The maximum atomic E-state index is 11.6. The highest BCUT2D eigenvalue weighted by Gasteiger charge is 2.06. The summed E-state index contributed by atoms with van der Waals surface area (Å²) in [5.41, 5.74) is 0.629. The smallest absolute Gasteiger partial charge is 0.225 e. The number of hydrogen-bond acceptors (Lipinski definition) is 3. The summed E-state index contributed by atoms with van der Waals surface area (Å²) in [4.78, 5) is 13.5. The van der Waals surface area contributed by atoms with Gasteiger partial charge in [-0.2, -0.15) is 0 Å². The summed E-state index contributed by atoms with van der Waals surface area (Å²) in [5, 5.41) is 12.0. The molecule has 5 heteroatoms. The Morgan fingerprint density at radius 3 is 2.76 bits per heavy atom. The standard InChI is InChI=1S/C12H17ClN2O2/c1-15(8-9-16)7-6-12(17)14-11-5-3-2-4-10(11)13/h2-5,16H,6-9H2,1H3,(H,14,17). The average Bonchev–Trinajstić information content (AvgIpc) is 2.30. The van der Waals surface area contributed by atoms with Crippen LogP contribution in [-0.2, 0) is 4.79 Å². The number of nitrogens with zero attached hydrogens (tertiary/aromatic N) is 1. The minimum Gasteiger partial charge on any atom is -0.395 e. The molecule has 0 unspecified atom stereocenters. The first-order valence-electron chi connectivity index (χ1n) is 5.47. The van der Waals surface area contributed by atoms with Crippen molar-refractivity contribution in [3.63, 3.8) is 0 Å². The molecule has 0 aliphatic carbocycles. The molecule has 2 N–H and O–H groups in total. The Kier molecular flexibility index (Phi) is 5.97. The Labute approximate surface area is 106 Å². The third kappa shape index (κ3) is 5.17. The summed E-state index contributed by atoms with van der Waals surface area (Å²) < 4.78 is 0. The predicted octanol–water partition coefficient (Wildman–Crippen LogP) is 1.59. The lowest BCUT2D eigenvalue weighted by Crippen LogP contribution is -2.26. The van der Waals surface area contributed by atoms with Gasteiger partial charge in [-0.3, -0.25) is 4.79 Å². The van der Waals surface area contributed by atoms with Crippen molar-refractivity contribution in [3.8, 4) is 0 Å². The number of aliphatic hydroxyl groups is 1. The average molecular weight is 257 g/mol. The molecular formula is C12H17ClN2O2. The number of amides is 1. The molecule has 1 aromatic rings. The molecule has 0 radical (unpaired) electrons. The Morgan fingerprint density at radius 1 is 1.41 bits per heavy atom. The van der Waals surface area contributed by atoms with Crippen LogP contribution in [0.15, 0.2) is 24.3 Å². The zero-order valence-electron chi connectivity index (χ0n) is 9.82. The zero-order valence-corrected chi connectivity index (χ0v) is 10.6. The highest BCUT2D eigenvalue weighted by molar-refractivity contribution is 6.33. The summed E-state index contributed by atoms with van der Waals surface area (Å²) in [6.45, 7) is 1.28. The van der Waals surface area contributed by atoms with Crippen LogP contribution in [0.5, 0.6) is 0 Å². The molecule has 1 amide bonds. The van der Waals surface area contributed by atoms with Crippen molar-refractivity contribution in [1.82, 2.24) is 4.90 Å². The van der Waals surface area contributed by atoms with Crippen LogP contribution >= 0.6 is 11.6 Å². The Hall–Kier alpha value is -1.10. The quantitative estimate of drug-likeness (QED) is 0.813. The lowest BCUT2D eigenvalue weighted by Gasteiger charge is -2.14. The van der Waals surface area contributed by atoms with E-state index in [4.69, 9.17) is 16.7 Å². The van der Waals surface area contributed by atoms with Gasteiger partial charge in [-0.25, -0.2) is 0 Å². The molecule has 94 valence electrons. The number of carbonyl (C=O) groups excluding carboxylic acids is 1. The minimum absolute atomic E-state index is 0.0807. The van der Waals surface area contributed by atoms with Gasteiger partial charge in [-0.1, -0.05) is 23.7 Å². The number of para-hydroxylation sites is 1. The molecule has 0 saturated carbocycles. The number of likely N-dealkylation sites (N-methyl/N-ethyl adjacent to an activating group) is 1. The lowest BCUT2D eigenvalue weighted by atomic mass is 10.3. The molecule has 0 heterocycles. The fraction of sp³-hybridized carbons (Fsp3) is 0.417. The number of aliphatic hydroxyl groups excluding tert-OH is 1. The zero-order chi connectivity index (χ0) is 12.7. The Morgan fingerprint density at radius 2 is 2.12 bits per heavy atom. The Bertz CT molecular complexity index is 371. The largest absolute Gasteiger partial charge is 0.395 e. The maximum Gasteiger partial charge on any atom is 0.225 e. The first kappa shape index (κ1) is 14.0. The van der Waals surface area contributed by atoms with E-state index in [2.05, 4.69) is 5.32 Å². The number of carbonyl (C=O) groups is 1. The molecule has 0 aliphatic heterocycles. The molecule has 0 bridgehead atoms. The van der Waals surface area contributed by atoms with E-state index in [1.807, 2.05) is 24.1 Å². The summed E-state index contributed by atoms with van der Waals surface area (Å²) >= 11 is 5.92. The first-order chi connectivity index (χ1) is 8.13. The highest BCUT2D eigenvalue weighted by atomic mass is 35.5. The van der Waals surface area contributed by atoms with Crippen molar-refractivity contribution in [2.24, 2.45) is 0 Å². The van der Waals surface area contributed by atoms with Crippen LogP contribution in [0, 0.1) is 0 Å². The van der Waals surface area contributed by atoms with Gasteiger partial charge in [0.1, 0.15) is 0 Å². The lowest BCUT2D eigenvalue weighted by molar-refractivity contribution is -0.116. The van der Waals surface area contributed by atoms with Crippen molar-refractivity contribution in [3.05, 3.63) is 29.3 Å². The second-order valence-corrected chi connectivity index (χ2v) is 4.21. The number of halogens is 1. The van der Waals surface area contributed by atoms with E-state index in [9.17, 15) is 4.79 Å². The van der Waals surface area contributed by atoms with Gasteiger partial charge in [0.25, 0.3) is 0 Å². The molecule has 17 heavy (non-hydrogen) atoms. The maximum absolute atomic E-state index is 11.6. The van der Waals surface area contributed by atoms with Crippen molar-refractivity contribution in [2.45, 2.75) is 6.42 Å². The van der Waals surface area contributed by atoms with Crippen molar-refractivity contribution in [1.29, 1.82) is 0 Å². The molecule has 1 aromatic carbocycles. The normalized spacial score (nSPS) is 10.6. The summed E-state index contributed by atoms with van der Waals surface area (Å²) in [7, 11) is 1.86. The predicted molar refractivity (Wildman–Crippen MR) is 69.3 cm³/mol. The van der Waals surface area contributed by atoms with Crippen LogP contribution in [0.2, 0.25) is 5.02 Å². The summed E-state index contributed by atoms with van der Waals surface area (Å²) in [6.07, 6.45) is 0.377. The van der Waals surface area contributed by atoms with Gasteiger partial charge >= 0.3 is 0 Å². The van der Waals surface area contributed by atoms with Crippen LogP contribution in [0.4, 0.5) is 5.69 Å². The van der Waals surface area contributed by atoms with Crippen LogP contribution in [0.1, 0.15) is 6.42 Å². The third-order valence-corrected chi connectivity index (χ3v) is 2.68. The molecule has 0 aliphatic rings. The molecule has 0 aromatic heterocycles. The van der Waals surface area contributed by atoms with E-state index < -0.39 is 0 Å². The Balaban J connectivity index is 2.37. The number of hydrogen-bond donors (Lipinski definition) is 2. The molecule has 0 saturated heterocycles. The monoisotopic (exact) mass is 256 g/mol. The van der Waals surface area contributed by atoms with E-state index in [0.29, 0.717) is 30.2 Å². The minimum atomic E-state index is -0.0807. The van der Waals surface area contributed by atoms with E-state index in [-0.39, 0.29) is 12.5 Å². The van der Waals surface area contributed by atoms with E-state index in [1.165, 1.54) is 0 Å². The van der Waals surface area contributed by atoms with Gasteiger partial charge in [0.05, 0.1) is 17.3 Å². The molecular weight excluding hydrogens is 240 g/mol. The van der Waals surface area contributed by atoms with Crippen LogP contribution in [0.25, 0.3) is 0 Å². The van der Waals surface area contributed by atoms with E-state index >= 15 is 0 Å². The fourth-order valence-electron chi connectivity index (χ4n) is 1.35. The highest BCUT2D eigenvalue weighted by Crippen LogP contribution is 2.20. The SMILES string of the molecule is CN(CCO)CCC(=O)Nc1ccccc1Cl. The first-order valence-corrected chi connectivity index (χ1v) is 5.85. The topological polar surface area (TPSA) is 52.6 Å². The molecule has 0 spiro atoms. The number of benzene rings is 1. The summed E-state index contributed by atoms with van der Waals surface area (Å²) in [5.74, 6) is -0.0807. The molecule has 0 fully saturated rings. The van der Waals surface area contributed by atoms with Gasteiger partial charge in [-0.05, 0) is 19.2 Å². The van der Waals surface area contributed by atoms with Crippen molar-refractivity contribution >= 4 is 23.2 Å². The van der Waals surface area contributed by atoms with Crippen LogP contribution in [-0.4, -0.2) is 42.7 Å². The van der Waals surface area contributed by atoms with Gasteiger partial charge in [0.15, 0.2) is 0 Å². The third-order valence-electron chi connectivity index (χ3n) is 2.35. The van der Waals surface area contributed by atoms with Gasteiger partial charge < -0.3 is 15.3 Å². The number of anilines is 1. The molecule has 1 rings (SSSR count). The van der Waals surface area contributed by atoms with Crippen LogP contribution < -0.4 is 5.32 Å². The summed E-state index contributed by atoms with van der Waals surface area (Å²) in [6, 6.07) is 7.12. The number of nitrogens with one attached hydrogen (secondary N) is 1. The second kappa shape index (κ2) is 7.27. The van der Waals surface area contributed by atoms with Gasteiger partial charge in [-0.15, -0.1) is 0 Å². The fourth-order valence-corrected chi connectivity index (χ4v) is 1.53. The second-order valence-electron chi connectivity index (χ2n) is 3.80. The molecule has 4 nitrogen and oxygen atoms in total. The van der Waals surface area contributed by atoms with Crippen molar-refractivity contribution in [2.75, 3.05) is 32.1 Å². The number of rotatable bonds is 6. The van der Waals surface area contributed by atoms with Crippen molar-refractivity contribution < 1.29 is 9.90 Å². The van der Waals surface area contributed by atoms with Gasteiger partial charge in [0.2, 0.25) is 5.91 Å². The van der Waals surface area contributed by atoms with Crippen LogP contribution in [0.3, 0.4) is 0 Å².